The first kappa shape index (κ1) is 13.1. The van der Waals surface area contributed by atoms with Gasteiger partial charge in [0, 0.05) is 11.6 Å². The molecule has 0 aliphatic rings. The Morgan fingerprint density at radius 1 is 1.10 bits per heavy atom. The van der Waals surface area contributed by atoms with Gasteiger partial charge < -0.3 is 9.84 Å². The number of nitrogens with zero attached hydrogens (tertiary/aromatic N) is 1. The van der Waals surface area contributed by atoms with Gasteiger partial charge in [-0.05, 0) is 41.5 Å². The van der Waals surface area contributed by atoms with Crippen LogP contribution in [-0.2, 0) is 0 Å². The quantitative estimate of drug-likeness (QED) is 0.795. The number of carboxylic acids is 1. The van der Waals surface area contributed by atoms with E-state index in [4.69, 9.17) is 4.74 Å². The summed E-state index contributed by atoms with van der Waals surface area (Å²) in [5.41, 5.74) is 2.55. The number of pyridine rings is 1. The van der Waals surface area contributed by atoms with Gasteiger partial charge in [0.2, 0.25) is 0 Å². The minimum atomic E-state index is -0.982. The van der Waals surface area contributed by atoms with Gasteiger partial charge in [0.15, 0.2) is 0 Å². The Morgan fingerprint density at radius 2 is 1.95 bits per heavy atom. The molecule has 0 saturated heterocycles. The van der Waals surface area contributed by atoms with Crippen LogP contribution in [0, 0.1) is 0 Å². The number of carbonyl (C=O) groups is 1. The first-order chi connectivity index (χ1) is 10.2. The van der Waals surface area contributed by atoms with Gasteiger partial charge in [-0.15, -0.1) is 0 Å². The highest BCUT2D eigenvalue weighted by Gasteiger charge is 2.15. The van der Waals surface area contributed by atoms with Crippen molar-refractivity contribution in [3.05, 3.63) is 60.3 Å². The summed E-state index contributed by atoms with van der Waals surface area (Å²) in [5, 5.41) is 10.4. The van der Waals surface area contributed by atoms with E-state index in [1.807, 2.05) is 30.3 Å². The zero-order valence-corrected chi connectivity index (χ0v) is 11.4. The average Bonchev–Trinajstić information content (AvgIpc) is 2.53. The maximum absolute atomic E-state index is 11.5. The maximum Gasteiger partial charge on any atom is 0.336 e. The van der Waals surface area contributed by atoms with Crippen LogP contribution >= 0.6 is 0 Å². The molecule has 0 spiro atoms. The molecule has 0 amide bonds. The molecule has 4 nitrogen and oxygen atoms in total. The third kappa shape index (κ3) is 2.31. The van der Waals surface area contributed by atoms with E-state index in [1.54, 1.807) is 18.3 Å². The molecule has 4 heteroatoms. The second-order valence-corrected chi connectivity index (χ2v) is 4.59. The van der Waals surface area contributed by atoms with Crippen molar-refractivity contribution in [2.45, 2.75) is 0 Å². The summed E-state index contributed by atoms with van der Waals surface area (Å²) in [6.45, 7) is 0. The van der Waals surface area contributed by atoms with Gasteiger partial charge in [0.05, 0.1) is 18.2 Å². The number of fused-ring (bicyclic) bond motifs is 1. The van der Waals surface area contributed by atoms with Gasteiger partial charge in [-0.3, -0.25) is 4.98 Å². The maximum atomic E-state index is 11.5. The second-order valence-electron chi connectivity index (χ2n) is 4.59. The van der Waals surface area contributed by atoms with E-state index in [2.05, 4.69) is 4.98 Å². The van der Waals surface area contributed by atoms with Crippen molar-refractivity contribution >= 4 is 16.9 Å². The van der Waals surface area contributed by atoms with E-state index in [0.29, 0.717) is 11.3 Å². The summed E-state index contributed by atoms with van der Waals surface area (Å²) in [5.74, 6) is -0.459. The zero-order chi connectivity index (χ0) is 14.8. The van der Waals surface area contributed by atoms with Gasteiger partial charge in [-0.2, -0.15) is 0 Å². The number of methoxy groups -OCH3 is 1. The molecule has 104 valence electrons. The van der Waals surface area contributed by atoms with Gasteiger partial charge in [0.25, 0.3) is 0 Å². The van der Waals surface area contributed by atoms with Crippen LogP contribution in [0.25, 0.3) is 22.0 Å². The summed E-state index contributed by atoms with van der Waals surface area (Å²) < 4.78 is 5.11. The van der Waals surface area contributed by atoms with Crippen molar-refractivity contribution in [3.8, 4) is 16.9 Å². The second kappa shape index (κ2) is 5.25. The summed E-state index contributed by atoms with van der Waals surface area (Å²) >= 11 is 0. The molecule has 3 rings (SSSR count). The van der Waals surface area contributed by atoms with Gasteiger partial charge in [0.1, 0.15) is 5.75 Å². The predicted octanol–water partition coefficient (Wildman–Crippen LogP) is 3.61. The van der Waals surface area contributed by atoms with E-state index in [0.717, 1.165) is 16.5 Å². The fourth-order valence-electron chi connectivity index (χ4n) is 2.40. The van der Waals surface area contributed by atoms with Crippen LogP contribution in [0.15, 0.2) is 54.7 Å². The molecule has 0 saturated carbocycles. The normalized spacial score (nSPS) is 10.5. The smallest absolute Gasteiger partial charge is 0.336 e. The van der Waals surface area contributed by atoms with Crippen molar-refractivity contribution in [1.29, 1.82) is 0 Å². The lowest BCUT2D eigenvalue weighted by atomic mass is 9.96. The molecule has 0 unspecified atom stereocenters. The molecule has 0 bridgehead atoms. The topological polar surface area (TPSA) is 59.4 Å². The summed E-state index contributed by atoms with van der Waals surface area (Å²) in [6.07, 6.45) is 1.72. The van der Waals surface area contributed by atoms with Crippen LogP contribution in [0.1, 0.15) is 10.4 Å². The van der Waals surface area contributed by atoms with E-state index in [1.165, 1.54) is 13.2 Å². The van der Waals surface area contributed by atoms with Crippen LogP contribution in [-0.4, -0.2) is 23.2 Å². The molecule has 0 fully saturated rings. The highest BCUT2D eigenvalue weighted by Crippen LogP contribution is 2.32. The van der Waals surface area contributed by atoms with E-state index < -0.39 is 5.97 Å². The molecular weight excluding hydrogens is 266 g/mol. The molecule has 2 aromatic carbocycles. The first-order valence-electron chi connectivity index (χ1n) is 6.46. The number of carboxylic acid groups (broad SMARTS) is 1. The van der Waals surface area contributed by atoms with E-state index in [-0.39, 0.29) is 5.56 Å². The molecule has 0 aliphatic heterocycles. The fraction of sp³-hybridized carbons (Fsp3) is 0.0588. The summed E-state index contributed by atoms with van der Waals surface area (Å²) in [4.78, 5) is 15.8. The van der Waals surface area contributed by atoms with Gasteiger partial charge in [-0.25, -0.2) is 4.79 Å². The number of aromatic nitrogens is 1. The summed E-state index contributed by atoms with van der Waals surface area (Å²) in [7, 11) is 1.52. The lowest BCUT2D eigenvalue weighted by molar-refractivity contribution is 0.0697. The van der Waals surface area contributed by atoms with E-state index >= 15 is 0 Å². The summed E-state index contributed by atoms with van der Waals surface area (Å²) in [6, 6.07) is 14.5. The molecule has 1 heterocycles. The van der Waals surface area contributed by atoms with Gasteiger partial charge >= 0.3 is 5.97 Å². The third-order valence-corrected chi connectivity index (χ3v) is 3.39. The largest absolute Gasteiger partial charge is 0.497 e. The van der Waals surface area contributed by atoms with Gasteiger partial charge in [-0.1, -0.05) is 18.2 Å². The Labute approximate surface area is 121 Å². The van der Waals surface area contributed by atoms with Crippen LogP contribution in [0.3, 0.4) is 0 Å². The number of hydrogen-bond acceptors (Lipinski definition) is 3. The Bertz CT molecular complexity index is 822. The van der Waals surface area contributed by atoms with Crippen molar-refractivity contribution in [2.24, 2.45) is 0 Å². The van der Waals surface area contributed by atoms with Crippen LogP contribution < -0.4 is 4.74 Å². The van der Waals surface area contributed by atoms with Crippen molar-refractivity contribution in [2.75, 3.05) is 7.11 Å². The minimum absolute atomic E-state index is 0.214. The Morgan fingerprint density at radius 3 is 2.71 bits per heavy atom. The monoisotopic (exact) mass is 279 g/mol. The minimum Gasteiger partial charge on any atom is -0.497 e. The molecule has 1 aromatic heterocycles. The molecule has 21 heavy (non-hydrogen) atoms. The fourth-order valence-corrected chi connectivity index (χ4v) is 2.40. The molecule has 0 radical (unpaired) electrons. The average molecular weight is 279 g/mol. The first-order valence-corrected chi connectivity index (χ1v) is 6.46. The van der Waals surface area contributed by atoms with Crippen LogP contribution in [0.4, 0.5) is 0 Å². The van der Waals surface area contributed by atoms with Crippen LogP contribution in [0.5, 0.6) is 5.75 Å². The molecule has 0 aliphatic carbocycles. The highest BCUT2D eigenvalue weighted by atomic mass is 16.5. The third-order valence-electron chi connectivity index (χ3n) is 3.39. The number of aromatic carboxylic acids is 1. The Hall–Kier alpha value is -2.88. The lowest BCUT2D eigenvalue weighted by Crippen LogP contribution is -2.00. The van der Waals surface area contributed by atoms with Crippen molar-refractivity contribution in [1.82, 2.24) is 4.98 Å². The van der Waals surface area contributed by atoms with Crippen LogP contribution in [0.2, 0.25) is 0 Å². The SMILES string of the molecule is COc1ccc(-c2cccc3ncccc23)c(C(=O)O)c1. The molecule has 3 aromatic rings. The van der Waals surface area contributed by atoms with E-state index in [9.17, 15) is 9.90 Å². The highest BCUT2D eigenvalue weighted by molar-refractivity contribution is 6.03. The molecule has 1 N–H and O–H groups in total. The number of ether oxygens (including phenoxy) is 1. The predicted molar refractivity (Wildman–Crippen MR) is 80.7 cm³/mol. The number of hydrogen-bond donors (Lipinski definition) is 1. The Kier molecular flexibility index (Phi) is 3.28. The number of benzene rings is 2. The standard InChI is InChI=1S/C17H13NO3/c1-21-11-7-8-13(15(10-11)17(19)20)12-4-2-6-16-14(12)5-3-9-18-16/h2-10H,1H3,(H,19,20). The van der Waals surface area contributed by atoms with Crippen molar-refractivity contribution < 1.29 is 14.6 Å². The number of rotatable bonds is 3. The lowest BCUT2D eigenvalue weighted by Gasteiger charge is -2.11. The zero-order valence-electron chi connectivity index (χ0n) is 11.4. The Balaban J connectivity index is 2.30. The molecular formula is C17H13NO3. The molecule has 0 atom stereocenters. The van der Waals surface area contributed by atoms with Crippen molar-refractivity contribution in [3.63, 3.8) is 0 Å².